The number of rotatable bonds is 2. The second kappa shape index (κ2) is 7.41. The molecule has 136 valence electrons. The van der Waals surface area contributed by atoms with Crippen LogP contribution >= 0.6 is 11.8 Å². The van der Waals surface area contributed by atoms with Gasteiger partial charge in [-0.15, -0.1) is 0 Å². The van der Waals surface area contributed by atoms with Gasteiger partial charge in [0, 0.05) is 10.9 Å². The highest BCUT2D eigenvalue weighted by Crippen LogP contribution is 2.31. The van der Waals surface area contributed by atoms with Crippen LogP contribution in [-0.4, -0.2) is 23.0 Å². The monoisotopic (exact) mass is 379 g/mol. The van der Waals surface area contributed by atoms with E-state index in [1.165, 1.54) is 28.8 Å². The number of para-hydroxylation sites is 1. The molecule has 0 spiro atoms. The van der Waals surface area contributed by atoms with Crippen molar-refractivity contribution in [2.75, 3.05) is 16.8 Å². The fourth-order valence-corrected chi connectivity index (χ4v) is 3.38. The van der Waals surface area contributed by atoms with E-state index in [0.29, 0.717) is 17.4 Å². The van der Waals surface area contributed by atoms with Crippen molar-refractivity contribution < 1.29 is 18.0 Å². The Balaban J connectivity index is 1.87. The fourth-order valence-electron chi connectivity index (χ4n) is 2.43. The van der Waals surface area contributed by atoms with Crippen molar-refractivity contribution in [1.29, 1.82) is 0 Å². The minimum atomic E-state index is -4.47. The van der Waals surface area contributed by atoms with Crippen molar-refractivity contribution in [3.63, 3.8) is 0 Å². The first kappa shape index (κ1) is 18.3. The summed E-state index contributed by atoms with van der Waals surface area (Å²) in [5, 5.41) is 3.29. The van der Waals surface area contributed by atoms with E-state index in [4.69, 9.17) is 0 Å². The summed E-state index contributed by atoms with van der Waals surface area (Å²) >= 11 is 1.45. The van der Waals surface area contributed by atoms with Crippen LogP contribution in [0.2, 0.25) is 0 Å². The minimum Gasteiger partial charge on any atom is -0.307 e. The van der Waals surface area contributed by atoms with E-state index in [1.807, 2.05) is 13.0 Å². The maximum absolute atomic E-state index is 12.9. The number of thioether (sulfide) groups is 1. The van der Waals surface area contributed by atoms with Crippen LogP contribution < -0.4 is 10.2 Å². The molecule has 2 aromatic carbocycles. The number of hydrogen-bond donors (Lipinski definition) is 1. The SMILES string of the molecule is C[C@H]1CN=C(N(C(=O)Nc2cccc(C(F)(F)F)c2)c2ccccc2)S1. The smallest absolute Gasteiger partial charge is 0.307 e. The summed E-state index contributed by atoms with van der Waals surface area (Å²) in [6.07, 6.45) is -4.47. The normalized spacial score (nSPS) is 16.9. The zero-order chi connectivity index (χ0) is 18.7. The van der Waals surface area contributed by atoms with Gasteiger partial charge in [-0.05, 0) is 30.3 Å². The van der Waals surface area contributed by atoms with Gasteiger partial charge in [-0.3, -0.25) is 4.99 Å². The van der Waals surface area contributed by atoms with E-state index in [9.17, 15) is 18.0 Å². The van der Waals surface area contributed by atoms with Gasteiger partial charge < -0.3 is 5.32 Å². The number of aliphatic imine (C=N–C) groups is 1. The summed E-state index contributed by atoms with van der Waals surface area (Å²) in [5.74, 6) is 0. The van der Waals surface area contributed by atoms with Crippen molar-refractivity contribution in [2.24, 2.45) is 4.99 Å². The molecule has 0 fully saturated rings. The van der Waals surface area contributed by atoms with Crippen molar-refractivity contribution in [3.8, 4) is 0 Å². The zero-order valence-corrected chi connectivity index (χ0v) is 14.6. The molecule has 1 heterocycles. The largest absolute Gasteiger partial charge is 0.416 e. The Morgan fingerprint density at radius 2 is 1.92 bits per heavy atom. The topological polar surface area (TPSA) is 44.7 Å². The molecule has 2 amide bonds. The van der Waals surface area contributed by atoms with Gasteiger partial charge in [-0.2, -0.15) is 13.2 Å². The average Bonchev–Trinajstić information content (AvgIpc) is 3.01. The third-order valence-electron chi connectivity index (χ3n) is 3.64. The van der Waals surface area contributed by atoms with Gasteiger partial charge in [0.1, 0.15) is 0 Å². The van der Waals surface area contributed by atoms with Gasteiger partial charge in [0.15, 0.2) is 5.17 Å². The number of anilines is 2. The lowest BCUT2D eigenvalue weighted by atomic mass is 10.2. The molecular weight excluding hydrogens is 363 g/mol. The highest BCUT2D eigenvalue weighted by Gasteiger charge is 2.31. The number of halogens is 3. The Morgan fingerprint density at radius 1 is 1.19 bits per heavy atom. The zero-order valence-electron chi connectivity index (χ0n) is 13.8. The molecule has 3 rings (SSSR count). The number of nitrogens with zero attached hydrogens (tertiary/aromatic N) is 2. The van der Waals surface area contributed by atoms with Gasteiger partial charge in [0.05, 0.1) is 17.8 Å². The molecule has 0 unspecified atom stereocenters. The van der Waals surface area contributed by atoms with Gasteiger partial charge >= 0.3 is 12.2 Å². The first-order chi connectivity index (χ1) is 12.3. The minimum absolute atomic E-state index is 0.0717. The number of amides is 2. The Morgan fingerprint density at radius 3 is 2.54 bits per heavy atom. The summed E-state index contributed by atoms with van der Waals surface area (Å²) in [5.41, 5.74) is -0.150. The first-order valence-electron chi connectivity index (χ1n) is 7.89. The van der Waals surface area contributed by atoms with Crippen molar-refractivity contribution in [1.82, 2.24) is 0 Å². The van der Waals surface area contributed by atoms with Crippen LogP contribution in [0.5, 0.6) is 0 Å². The van der Waals surface area contributed by atoms with Crippen LogP contribution in [0, 0.1) is 0 Å². The quantitative estimate of drug-likeness (QED) is 0.776. The number of benzene rings is 2. The number of carbonyl (C=O) groups is 1. The van der Waals surface area contributed by atoms with Crippen LogP contribution in [0.4, 0.5) is 29.3 Å². The van der Waals surface area contributed by atoms with Crippen molar-refractivity contribution in [2.45, 2.75) is 18.3 Å². The molecule has 1 aliphatic rings. The lowest BCUT2D eigenvalue weighted by Crippen LogP contribution is -2.38. The lowest BCUT2D eigenvalue weighted by Gasteiger charge is -2.23. The predicted molar refractivity (Wildman–Crippen MR) is 98.7 cm³/mol. The Kier molecular flexibility index (Phi) is 5.22. The number of alkyl halides is 3. The molecular formula is C18H16F3N3OS. The molecule has 8 heteroatoms. The summed E-state index contributed by atoms with van der Waals surface area (Å²) in [4.78, 5) is 18.6. The van der Waals surface area contributed by atoms with Gasteiger partial charge in [0.2, 0.25) is 0 Å². The van der Waals surface area contributed by atoms with Crippen molar-refractivity contribution >= 4 is 34.3 Å². The van der Waals surface area contributed by atoms with Crippen molar-refractivity contribution in [3.05, 3.63) is 60.2 Å². The van der Waals surface area contributed by atoms with Gasteiger partial charge in [-0.1, -0.05) is 43.0 Å². The second-order valence-corrected chi connectivity index (χ2v) is 7.14. The molecule has 1 aliphatic heterocycles. The highest BCUT2D eigenvalue weighted by molar-refractivity contribution is 8.15. The fraction of sp³-hybridized carbons (Fsp3) is 0.222. The van der Waals surface area contributed by atoms with E-state index in [1.54, 1.807) is 24.3 Å². The van der Waals surface area contributed by atoms with Crippen LogP contribution in [0.15, 0.2) is 59.6 Å². The van der Waals surface area contributed by atoms with Gasteiger partial charge in [-0.25, -0.2) is 9.69 Å². The lowest BCUT2D eigenvalue weighted by molar-refractivity contribution is -0.137. The Hall–Kier alpha value is -2.48. The molecule has 0 radical (unpaired) electrons. The van der Waals surface area contributed by atoms with Gasteiger partial charge in [0.25, 0.3) is 0 Å². The van der Waals surface area contributed by atoms with E-state index in [2.05, 4.69) is 10.3 Å². The second-order valence-electron chi connectivity index (χ2n) is 5.73. The summed E-state index contributed by atoms with van der Waals surface area (Å²) in [6, 6.07) is 12.9. The molecule has 26 heavy (non-hydrogen) atoms. The molecule has 4 nitrogen and oxygen atoms in total. The third-order valence-corrected chi connectivity index (χ3v) is 4.71. The molecule has 0 saturated carbocycles. The summed E-state index contributed by atoms with van der Waals surface area (Å²) in [7, 11) is 0. The van der Waals surface area contributed by atoms with E-state index in [-0.39, 0.29) is 10.9 Å². The maximum atomic E-state index is 12.9. The molecule has 0 saturated heterocycles. The molecule has 2 aromatic rings. The molecule has 0 bridgehead atoms. The molecule has 1 N–H and O–H groups in total. The number of hydrogen-bond acceptors (Lipinski definition) is 3. The summed E-state index contributed by atoms with van der Waals surface area (Å²) < 4.78 is 38.6. The Bertz CT molecular complexity index is 824. The molecule has 1 atom stereocenters. The third kappa shape index (κ3) is 4.19. The predicted octanol–water partition coefficient (Wildman–Crippen LogP) is 5.24. The number of urea groups is 1. The highest BCUT2D eigenvalue weighted by atomic mass is 32.2. The van der Waals surface area contributed by atoms with Crippen LogP contribution in [0.1, 0.15) is 12.5 Å². The van der Waals surface area contributed by atoms with Crippen LogP contribution in [-0.2, 0) is 6.18 Å². The summed E-state index contributed by atoms with van der Waals surface area (Å²) in [6.45, 7) is 2.58. The number of amidine groups is 1. The maximum Gasteiger partial charge on any atom is 0.416 e. The van der Waals surface area contributed by atoms with E-state index < -0.39 is 17.8 Å². The van der Waals surface area contributed by atoms with Crippen LogP contribution in [0.3, 0.4) is 0 Å². The van der Waals surface area contributed by atoms with E-state index >= 15 is 0 Å². The molecule has 0 aromatic heterocycles. The van der Waals surface area contributed by atoms with Crippen LogP contribution in [0.25, 0.3) is 0 Å². The molecule has 0 aliphatic carbocycles. The number of carbonyl (C=O) groups excluding carboxylic acids is 1. The average molecular weight is 379 g/mol. The first-order valence-corrected chi connectivity index (χ1v) is 8.77. The standard InChI is InChI=1S/C18H16F3N3OS/c1-12-11-22-17(26-12)24(15-8-3-2-4-9-15)16(25)23-14-7-5-6-13(10-14)18(19,20)21/h2-10,12H,11H2,1H3,(H,23,25)/t12-/m0/s1. The Labute approximate surface area is 153 Å². The number of nitrogens with one attached hydrogen (secondary N) is 1. The van der Waals surface area contributed by atoms with E-state index in [0.717, 1.165) is 12.1 Å².